The zero-order chi connectivity index (χ0) is 16.6. The van der Waals surface area contributed by atoms with Crippen molar-refractivity contribution in [3.8, 4) is 0 Å². The first-order valence-electron chi connectivity index (χ1n) is 6.00. The first kappa shape index (κ1) is 17.7. The highest BCUT2D eigenvalue weighted by molar-refractivity contribution is 7.89. The van der Waals surface area contributed by atoms with E-state index in [-0.39, 0.29) is 5.56 Å². The van der Waals surface area contributed by atoms with Gasteiger partial charge in [-0.05, 0) is 38.5 Å². The first-order valence-corrected chi connectivity index (χ1v) is 7.44. The molecule has 0 aliphatic carbocycles. The molecule has 0 unspecified atom stereocenters. The van der Waals surface area contributed by atoms with E-state index in [4.69, 9.17) is 5.73 Å². The Hall–Kier alpha value is -1.35. The summed E-state index contributed by atoms with van der Waals surface area (Å²) in [5.41, 5.74) is 4.86. The van der Waals surface area contributed by atoms with E-state index in [0.29, 0.717) is 4.31 Å². The Morgan fingerprint density at radius 1 is 1.29 bits per heavy atom. The van der Waals surface area contributed by atoms with Crippen LogP contribution in [0, 0.1) is 12.7 Å². The molecule has 0 atom stereocenters. The smallest absolute Gasteiger partial charge is 0.396 e. The minimum atomic E-state index is -4.68. The zero-order valence-corrected chi connectivity index (χ0v) is 12.5. The summed E-state index contributed by atoms with van der Waals surface area (Å²) in [6.07, 6.45) is -4.68. The summed E-state index contributed by atoms with van der Waals surface area (Å²) in [7, 11) is -4.43. The number of hydrogen-bond acceptors (Lipinski definition) is 3. The van der Waals surface area contributed by atoms with Gasteiger partial charge in [0.05, 0.1) is 10.6 Å². The third kappa shape index (κ3) is 4.07. The number of nitrogen functional groups attached to an aromatic ring is 1. The van der Waals surface area contributed by atoms with Gasteiger partial charge in [0, 0.05) is 6.04 Å². The molecule has 120 valence electrons. The minimum absolute atomic E-state index is 0.0516. The molecule has 4 nitrogen and oxygen atoms in total. The van der Waals surface area contributed by atoms with Crippen LogP contribution in [0.15, 0.2) is 17.0 Å². The van der Waals surface area contributed by atoms with Gasteiger partial charge in [0.2, 0.25) is 10.0 Å². The number of hydrogen-bond donors (Lipinski definition) is 1. The van der Waals surface area contributed by atoms with E-state index in [2.05, 4.69) is 0 Å². The van der Waals surface area contributed by atoms with Crippen LogP contribution in [0.1, 0.15) is 19.4 Å². The minimum Gasteiger partial charge on any atom is -0.396 e. The van der Waals surface area contributed by atoms with Gasteiger partial charge >= 0.3 is 6.18 Å². The molecule has 0 amide bonds. The molecule has 9 heteroatoms. The first-order chi connectivity index (χ1) is 9.36. The second-order valence-electron chi connectivity index (χ2n) is 4.90. The fourth-order valence-electron chi connectivity index (χ4n) is 1.77. The van der Waals surface area contributed by atoms with E-state index in [1.807, 2.05) is 0 Å². The van der Waals surface area contributed by atoms with Gasteiger partial charge in [-0.25, -0.2) is 12.8 Å². The molecule has 0 saturated heterocycles. The molecular weight excluding hydrogens is 312 g/mol. The third-order valence-electron chi connectivity index (χ3n) is 2.77. The van der Waals surface area contributed by atoms with Crippen LogP contribution >= 0.6 is 0 Å². The van der Waals surface area contributed by atoms with E-state index in [1.165, 1.54) is 20.8 Å². The molecule has 2 N–H and O–H groups in total. The molecule has 0 aliphatic heterocycles. The molecule has 0 radical (unpaired) electrons. The van der Waals surface area contributed by atoms with Crippen LogP contribution in [0.25, 0.3) is 0 Å². The highest BCUT2D eigenvalue weighted by Gasteiger charge is 2.38. The summed E-state index contributed by atoms with van der Waals surface area (Å²) in [6.45, 7) is 2.31. The molecule has 21 heavy (non-hydrogen) atoms. The van der Waals surface area contributed by atoms with Crippen LogP contribution in [0.3, 0.4) is 0 Å². The van der Waals surface area contributed by atoms with Crippen molar-refractivity contribution in [3.63, 3.8) is 0 Å². The Morgan fingerprint density at radius 3 is 2.19 bits per heavy atom. The number of sulfonamides is 1. The van der Waals surface area contributed by atoms with Gasteiger partial charge in [0.25, 0.3) is 0 Å². The number of rotatable bonds is 4. The van der Waals surface area contributed by atoms with Crippen molar-refractivity contribution in [3.05, 3.63) is 23.5 Å². The van der Waals surface area contributed by atoms with Crippen LogP contribution in [-0.4, -0.2) is 31.5 Å². The maximum Gasteiger partial charge on any atom is 0.402 e. The quantitative estimate of drug-likeness (QED) is 0.683. The lowest BCUT2D eigenvalue weighted by atomic mass is 10.2. The molecule has 0 heterocycles. The number of alkyl halides is 3. The highest BCUT2D eigenvalue weighted by atomic mass is 32.2. The third-order valence-corrected chi connectivity index (χ3v) is 4.77. The number of nitrogens with zero attached hydrogens (tertiary/aromatic N) is 1. The van der Waals surface area contributed by atoms with E-state index < -0.39 is 45.2 Å². The van der Waals surface area contributed by atoms with Gasteiger partial charge in [-0.2, -0.15) is 17.5 Å². The molecule has 0 saturated carbocycles. The van der Waals surface area contributed by atoms with Crippen molar-refractivity contribution < 1.29 is 26.0 Å². The van der Waals surface area contributed by atoms with Gasteiger partial charge in [-0.15, -0.1) is 0 Å². The molecule has 0 aromatic heterocycles. The number of aryl methyl sites for hydroxylation is 1. The summed E-state index contributed by atoms with van der Waals surface area (Å²) < 4.78 is 76.0. The van der Waals surface area contributed by atoms with E-state index >= 15 is 0 Å². The molecule has 0 aliphatic rings. The standard InChI is InChI=1S/C12H16F4N2O2S/c1-7(2)18(6-12(14,15)16)21(19,20)9-4-8(3)11(13)10(17)5-9/h4-5,7H,6,17H2,1-3H3. The SMILES string of the molecule is Cc1cc(S(=O)(=O)N(CC(F)(F)F)C(C)C)cc(N)c1F. The number of benzene rings is 1. The Labute approximate surface area is 120 Å². The predicted octanol–water partition coefficient (Wildman–Crippen LogP) is 2.68. The second kappa shape index (κ2) is 5.80. The van der Waals surface area contributed by atoms with Crippen LogP contribution in [0.2, 0.25) is 0 Å². The fourth-order valence-corrected chi connectivity index (χ4v) is 3.51. The molecule has 0 spiro atoms. The lowest BCUT2D eigenvalue weighted by Gasteiger charge is -2.27. The van der Waals surface area contributed by atoms with Gasteiger partial charge in [0.1, 0.15) is 12.4 Å². The van der Waals surface area contributed by atoms with Gasteiger partial charge in [0.15, 0.2) is 0 Å². The Kier molecular flexibility index (Phi) is 4.89. The number of nitrogens with two attached hydrogens (primary N) is 1. The summed E-state index contributed by atoms with van der Waals surface area (Å²) in [5, 5.41) is 0. The lowest BCUT2D eigenvalue weighted by molar-refractivity contribution is -0.138. The summed E-state index contributed by atoms with van der Waals surface area (Å²) in [4.78, 5) is -0.461. The Morgan fingerprint density at radius 2 is 1.81 bits per heavy atom. The van der Waals surface area contributed by atoms with Crippen molar-refractivity contribution in [2.45, 2.75) is 37.9 Å². The Bertz CT molecular complexity index is 604. The second-order valence-corrected chi connectivity index (χ2v) is 6.79. The maximum absolute atomic E-state index is 13.4. The van der Waals surface area contributed by atoms with Crippen LogP contribution in [0.5, 0.6) is 0 Å². The highest BCUT2D eigenvalue weighted by Crippen LogP contribution is 2.27. The average Bonchev–Trinajstić information content (AvgIpc) is 2.30. The fraction of sp³-hybridized carbons (Fsp3) is 0.500. The summed E-state index contributed by atoms with van der Waals surface area (Å²) in [5.74, 6) is -0.791. The largest absolute Gasteiger partial charge is 0.402 e. The van der Waals surface area contributed by atoms with Crippen LogP contribution in [-0.2, 0) is 10.0 Å². The molecule has 1 aromatic rings. The topological polar surface area (TPSA) is 63.4 Å². The lowest BCUT2D eigenvalue weighted by Crippen LogP contribution is -2.43. The Balaban J connectivity index is 3.36. The molecule has 0 bridgehead atoms. The van der Waals surface area contributed by atoms with Crippen LogP contribution in [0.4, 0.5) is 23.2 Å². The van der Waals surface area contributed by atoms with Crippen molar-refractivity contribution in [2.75, 3.05) is 12.3 Å². The molecular formula is C12H16F4N2O2S. The summed E-state index contributed by atoms with van der Waals surface area (Å²) in [6, 6.07) is 0.874. The summed E-state index contributed by atoms with van der Waals surface area (Å²) >= 11 is 0. The van der Waals surface area contributed by atoms with Crippen LogP contribution < -0.4 is 5.73 Å². The molecule has 0 fully saturated rings. The van der Waals surface area contributed by atoms with Gasteiger partial charge < -0.3 is 5.73 Å². The molecule has 1 aromatic carbocycles. The van der Waals surface area contributed by atoms with Crippen molar-refractivity contribution in [1.82, 2.24) is 4.31 Å². The number of halogens is 4. The average molecular weight is 328 g/mol. The normalized spacial score (nSPS) is 13.2. The number of anilines is 1. The van der Waals surface area contributed by atoms with Crippen molar-refractivity contribution >= 4 is 15.7 Å². The maximum atomic E-state index is 13.4. The zero-order valence-electron chi connectivity index (χ0n) is 11.7. The van der Waals surface area contributed by atoms with Crippen molar-refractivity contribution in [2.24, 2.45) is 0 Å². The van der Waals surface area contributed by atoms with Gasteiger partial charge in [-0.3, -0.25) is 0 Å². The van der Waals surface area contributed by atoms with Gasteiger partial charge in [-0.1, -0.05) is 0 Å². The van der Waals surface area contributed by atoms with E-state index in [0.717, 1.165) is 12.1 Å². The monoisotopic (exact) mass is 328 g/mol. The van der Waals surface area contributed by atoms with E-state index in [9.17, 15) is 26.0 Å². The molecule has 1 rings (SSSR count). The van der Waals surface area contributed by atoms with E-state index in [1.54, 1.807) is 0 Å². The van der Waals surface area contributed by atoms with Crippen molar-refractivity contribution in [1.29, 1.82) is 0 Å². The predicted molar refractivity (Wildman–Crippen MR) is 70.6 cm³/mol.